The molecule has 0 saturated carbocycles. The minimum absolute atomic E-state index is 0.0756. The second-order valence-corrected chi connectivity index (χ2v) is 16.0. The molecule has 0 fully saturated rings. The molecule has 1 aliphatic heterocycles. The largest absolute Gasteiger partial charge is 0.460 e. The monoisotopic (exact) mass is 705 g/mol. The van der Waals surface area contributed by atoms with Gasteiger partial charge in [0, 0.05) is 13.0 Å². The van der Waals surface area contributed by atoms with Gasteiger partial charge in [-0.1, -0.05) is 43.4 Å². The Morgan fingerprint density at radius 1 is 0.600 bits per heavy atom. The Balaban J connectivity index is 2.20. The summed E-state index contributed by atoms with van der Waals surface area (Å²) < 4.78 is 229. The van der Waals surface area contributed by atoms with Crippen molar-refractivity contribution in [1.29, 1.82) is 0 Å². The molecule has 1 aliphatic rings. The lowest BCUT2D eigenvalue weighted by atomic mass is 9.88. The van der Waals surface area contributed by atoms with E-state index in [0.29, 0.717) is 0 Å². The molecule has 0 spiro atoms. The van der Waals surface area contributed by atoms with Crippen LogP contribution in [0.5, 0.6) is 0 Å². The number of benzene rings is 1. The van der Waals surface area contributed by atoms with Crippen LogP contribution < -0.4 is 0 Å². The van der Waals surface area contributed by atoms with Gasteiger partial charge >= 0.3 is 47.6 Å². The zero-order valence-corrected chi connectivity index (χ0v) is 23.5. The number of hydrogen-bond donors (Lipinski definition) is 0. The van der Waals surface area contributed by atoms with Crippen LogP contribution in [0, 0.1) is 0 Å². The molecular weight excluding hydrogens is 685 g/mol. The number of carbonyl (C=O) groups excluding carboxylic acids is 2. The first-order valence-electron chi connectivity index (χ1n) is 12.2. The molecule has 3 nitrogen and oxygen atoms in total. The first kappa shape index (κ1) is 38.3. The maximum absolute atomic E-state index is 14.3. The van der Waals surface area contributed by atoms with E-state index in [4.69, 9.17) is 0 Å². The van der Waals surface area contributed by atoms with Crippen molar-refractivity contribution in [3.8, 4) is 0 Å². The second-order valence-electron chi connectivity index (χ2n) is 10.8. The van der Waals surface area contributed by atoms with Gasteiger partial charge < -0.3 is 0 Å². The Labute approximate surface area is 243 Å². The van der Waals surface area contributed by atoms with Gasteiger partial charge in [0.2, 0.25) is 0 Å². The van der Waals surface area contributed by atoms with Crippen molar-refractivity contribution in [3.63, 3.8) is 0 Å². The highest BCUT2D eigenvalue weighted by Gasteiger charge is 2.95. The van der Waals surface area contributed by atoms with E-state index in [0.717, 1.165) is 18.0 Å². The molecule has 0 unspecified atom stereocenters. The molecule has 0 saturated heterocycles. The fourth-order valence-electron chi connectivity index (χ4n) is 3.94. The minimum Gasteiger partial charge on any atom is -0.270 e. The first-order chi connectivity index (χ1) is 19.9. The van der Waals surface area contributed by atoms with Crippen molar-refractivity contribution in [2.24, 2.45) is 0 Å². The first-order valence-corrected chi connectivity index (χ1v) is 15.6. The van der Waals surface area contributed by atoms with Gasteiger partial charge in [0.25, 0.3) is 11.8 Å². The average Bonchev–Trinajstić information content (AvgIpc) is 3.13. The van der Waals surface area contributed by atoms with Crippen LogP contribution in [0.2, 0.25) is 25.2 Å². The number of nitrogens with zero attached hydrogens (tertiary/aromatic N) is 1. The Morgan fingerprint density at radius 2 is 0.978 bits per heavy atom. The number of amides is 2. The number of rotatable bonds is 13. The van der Waals surface area contributed by atoms with Crippen molar-refractivity contribution in [1.82, 2.24) is 4.90 Å². The summed E-state index contributed by atoms with van der Waals surface area (Å²) in [5.74, 6) is -57.8. The van der Waals surface area contributed by atoms with Crippen LogP contribution in [0.25, 0.3) is 0 Å². The highest BCUT2D eigenvalue weighted by Crippen LogP contribution is 2.64. The molecule has 0 atom stereocenters. The molecule has 1 heterocycles. The van der Waals surface area contributed by atoms with Crippen LogP contribution in [0.3, 0.4) is 0 Å². The highest BCUT2D eigenvalue weighted by molar-refractivity contribution is 6.77. The van der Waals surface area contributed by atoms with Gasteiger partial charge in [0.15, 0.2) is 0 Å². The molecule has 45 heavy (non-hydrogen) atoms. The van der Waals surface area contributed by atoms with E-state index >= 15 is 0 Å². The van der Waals surface area contributed by atoms with Gasteiger partial charge in [-0.3, -0.25) is 14.5 Å². The summed E-state index contributed by atoms with van der Waals surface area (Å²) in [7, 11) is -3.30. The number of halogens is 17. The summed E-state index contributed by atoms with van der Waals surface area (Å²) in [4.78, 5) is 25.4. The number of hydrogen-bond acceptors (Lipinski definition) is 2. The van der Waals surface area contributed by atoms with Gasteiger partial charge in [0.05, 0.1) is 19.2 Å². The third-order valence-electron chi connectivity index (χ3n) is 6.91. The summed E-state index contributed by atoms with van der Waals surface area (Å²) >= 11 is 0. The van der Waals surface area contributed by atoms with E-state index in [9.17, 15) is 84.2 Å². The zero-order valence-electron chi connectivity index (χ0n) is 22.5. The lowest BCUT2D eigenvalue weighted by Crippen LogP contribution is -2.74. The van der Waals surface area contributed by atoms with Gasteiger partial charge in [0.1, 0.15) is 0 Å². The summed E-state index contributed by atoms with van der Waals surface area (Å²) in [6, 6.07) is 4.21. The zero-order chi connectivity index (χ0) is 35.5. The Bertz CT molecular complexity index is 1290. The number of imide groups is 1. The Hall–Kier alpha value is -2.87. The van der Waals surface area contributed by atoms with Crippen molar-refractivity contribution in [2.75, 3.05) is 6.54 Å². The summed E-state index contributed by atoms with van der Waals surface area (Å²) in [6.07, 6.45) is -7.92. The number of fused-ring (bicyclic) bond motifs is 1. The maximum atomic E-state index is 14.3. The molecule has 2 rings (SSSR count). The minimum atomic E-state index is -8.65. The van der Waals surface area contributed by atoms with Crippen molar-refractivity contribution >= 4 is 19.9 Å². The maximum Gasteiger partial charge on any atom is 0.460 e. The average molecular weight is 705 g/mol. The van der Waals surface area contributed by atoms with Crippen LogP contribution >= 0.6 is 0 Å². The van der Waals surface area contributed by atoms with Gasteiger partial charge in [-0.25, -0.2) is 0 Å². The molecule has 2 amide bonds. The van der Waals surface area contributed by atoms with E-state index in [2.05, 4.69) is 0 Å². The van der Waals surface area contributed by atoms with Gasteiger partial charge in [-0.05, 0) is 18.2 Å². The summed E-state index contributed by atoms with van der Waals surface area (Å²) in [5.41, 5.74) is 0.151. The van der Waals surface area contributed by atoms with Crippen molar-refractivity contribution < 1.29 is 84.2 Å². The van der Waals surface area contributed by atoms with Gasteiger partial charge in [-0.2, -0.15) is 74.6 Å². The van der Waals surface area contributed by atoms with Gasteiger partial charge in [-0.15, -0.1) is 0 Å². The number of alkyl halides is 17. The molecular formula is C24H20F17NO2Si. The predicted molar refractivity (Wildman–Crippen MR) is 123 cm³/mol. The number of carbonyl (C=O) groups is 2. The lowest BCUT2D eigenvalue weighted by Gasteiger charge is -2.43. The molecule has 0 aromatic heterocycles. The van der Waals surface area contributed by atoms with E-state index in [1.54, 1.807) is 0 Å². The normalized spacial score (nSPS) is 16.6. The Kier molecular flexibility index (Phi) is 9.73. The standard InChI is InChI=1S/C24H20F17NO2Si/c1-45(2,11-6-5-10-42-15(43)13-7-3-4-8-14(13)16(42)44)12-9-17(25,26)18(27,28)19(29,30)20(31,32)21(33,34)22(35,36)23(37,38)24(39,40)41/h3-8H,9-12H2,1-2H3/b6-5+. The highest BCUT2D eigenvalue weighted by atomic mass is 28.3. The molecule has 256 valence electrons. The lowest BCUT2D eigenvalue weighted by molar-refractivity contribution is -0.461. The third-order valence-corrected chi connectivity index (χ3v) is 9.85. The third kappa shape index (κ3) is 6.04. The molecule has 0 bridgehead atoms. The quantitative estimate of drug-likeness (QED) is 0.0890. The fourth-order valence-corrected chi connectivity index (χ4v) is 5.94. The fraction of sp³-hybridized carbons (Fsp3) is 0.583. The SMILES string of the molecule is C[Si](C)(C/C=C/CN1C(=O)c2ccccc2C1=O)CCC(F)(F)C(F)(F)C(F)(F)C(F)(F)C(F)(F)C(F)(F)C(F)(F)C(F)(F)F. The van der Waals surface area contributed by atoms with E-state index in [1.165, 1.54) is 36.4 Å². The molecule has 1 aromatic carbocycles. The molecule has 21 heteroatoms. The summed E-state index contributed by atoms with van der Waals surface area (Å²) in [5, 5.41) is 0. The molecule has 0 N–H and O–H groups in total. The topological polar surface area (TPSA) is 37.4 Å². The van der Waals surface area contributed by atoms with Crippen LogP contribution in [-0.4, -0.2) is 79.0 Å². The van der Waals surface area contributed by atoms with Crippen LogP contribution in [0.1, 0.15) is 27.1 Å². The summed E-state index contributed by atoms with van der Waals surface area (Å²) in [6.45, 7) is 1.96. The van der Waals surface area contributed by atoms with Crippen LogP contribution in [0.15, 0.2) is 36.4 Å². The molecule has 0 radical (unpaired) electrons. The van der Waals surface area contributed by atoms with Crippen LogP contribution in [-0.2, 0) is 0 Å². The second kappa shape index (κ2) is 11.4. The molecule has 0 aliphatic carbocycles. The van der Waals surface area contributed by atoms with Crippen molar-refractivity contribution in [3.05, 3.63) is 47.5 Å². The van der Waals surface area contributed by atoms with E-state index < -0.39 is 80.0 Å². The predicted octanol–water partition coefficient (Wildman–Crippen LogP) is 8.95. The Morgan fingerprint density at radius 3 is 1.38 bits per heavy atom. The van der Waals surface area contributed by atoms with E-state index in [-0.39, 0.29) is 23.7 Å². The smallest absolute Gasteiger partial charge is 0.270 e. The van der Waals surface area contributed by atoms with Crippen molar-refractivity contribution in [2.45, 2.75) is 79.2 Å². The molecule has 1 aromatic rings. The van der Waals surface area contributed by atoms with E-state index in [1.807, 2.05) is 0 Å². The van der Waals surface area contributed by atoms with Crippen LogP contribution in [0.4, 0.5) is 74.6 Å². The number of allylic oxidation sites excluding steroid dienone is 1.